The number of hydrogen-bond donors (Lipinski definition) is 3. The van der Waals surface area contributed by atoms with Crippen LogP contribution in [0.4, 0.5) is 5.69 Å². The summed E-state index contributed by atoms with van der Waals surface area (Å²) in [6.45, 7) is 0.867. The molecule has 0 spiro atoms. The van der Waals surface area contributed by atoms with Crippen LogP contribution < -0.4 is 16.2 Å². The van der Waals surface area contributed by atoms with Gasteiger partial charge in [0.2, 0.25) is 5.91 Å². The monoisotopic (exact) mass is 360 g/mol. The molecular weight excluding hydrogens is 344 g/mol. The van der Waals surface area contributed by atoms with Crippen molar-refractivity contribution in [3.63, 3.8) is 0 Å². The van der Waals surface area contributed by atoms with Crippen LogP contribution in [0.25, 0.3) is 0 Å². The summed E-state index contributed by atoms with van der Waals surface area (Å²) >= 11 is 5.94. The third-order valence-corrected chi connectivity index (χ3v) is 4.37. The van der Waals surface area contributed by atoms with Gasteiger partial charge in [0.25, 0.3) is 5.69 Å². The van der Waals surface area contributed by atoms with E-state index < -0.39 is 4.92 Å². The molecular formula is C17H17ClN4O3. The average molecular weight is 361 g/mol. The van der Waals surface area contributed by atoms with Crippen molar-refractivity contribution in [3.8, 4) is 0 Å². The fraction of sp³-hybridized carbons (Fsp3) is 0.235. The van der Waals surface area contributed by atoms with Gasteiger partial charge in [-0.1, -0.05) is 35.9 Å². The molecule has 7 nitrogen and oxygen atoms in total. The van der Waals surface area contributed by atoms with Gasteiger partial charge in [-0.25, -0.2) is 5.43 Å². The van der Waals surface area contributed by atoms with E-state index in [4.69, 9.17) is 11.6 Å². The molecule has 130 valence electrons. The Labute approximate surface area is 149 Å². The Kier molecular flexibility index (Phi) is 5.28. The highest BCUT2D eigenvalue weighted by molar-refractivity contribution is 6.30. The molecule has 2 atom stereocenters. The van der Waals surface area contributed by atoms with Crippen molar-refractivity contribution in [2.24, 2.45) is 5.92 Å². The summed E-state index contributed by atoms with van der Waals surface area (Å²) < 4.78 is 0. The van der Waals surface area contributed by atoms with Crippen LogP contribution in [-0.4, -0.2) is 17.4 Å². The van der Waals surface area contributed by atoms with E-state index in [2.05, 4.69) is 16.2 Å². The second-order valence-corrected chi connectivity index (χ2v) is 6.24. The summed E-state index contributed by atoms with van der Waals surface area (Å²) in [6.07, 6.45) is 0. The van der Waals surface area contributed by atoms with Crippen molar-refractivity contribution in [2.45, 2.75) is 12.6 Å². The fourth-order valence-electron chi connectivity index (χ4n) is 2.83. The number of nitro benzene ring substituents is 1. The van der Waals surface area contributed by atoms with Gasteiger partial charge < -0.3 is 5.32 Å². The zero-order chi connectivity index (χ0) is 17.8. The van der Waals surface area contributed by atoms with Gasteiger partial charge in [0.1, 0.15) is 0 Å². The SMILES string of the molecule is O=C(NCc1cccc(Cl)c1)C1CNNC1c1ccc([N+](=O)[O-])cc1. The van der Waals surface area contributed by atoms with Crippen LogP contribution in [0.15, 0.2) is 48.5 Å². The number of halogens is 1. The molecule has 8 heteroatoms. The molecule has 1 fully saturated rings. The normalized spacial score (nSPS) is 19.6. The van der Waals surface area contributed by atoms with Gasteiger partial charge in [-0.15, -0.1) is 0 Å². The zero-order valence-electron chi connectivity index (χ0n) is 13.2. The molecule has 1 aliphatic rings. The van der Waals surface area contributed by atoms with Gasteiger partial charge in [0.05, 0.1) is 16.9 Å². The minimum absolute atomic E-state index is 0.0247. The van der Waals surface area contributed by atoms with Crippen LogP contribution in [0, 0.1) is 16.0 Å². The Balaban J connectivity index is 1.66. The average Bonchev–Trinajstić information content (AvgIpc) is 3.09. The van der Waals surface area contributed by atoms with Crippen LogP contribution >= 0.6 is 11.6 Å². The predicted molar refractivity (Wildman–Crippen MR) is 93.8 cm³/mol. The number of carbonyl (C=O) groups excluding carboxylic acids is 1. The maximum Gasteiger partial charge on any atom is 0.269 e. The smallest absolute Gasteiger partial charge is 0.269 e. The van der Waals surface area contributed by atoms with E-state index in [1.54, 1.807) is 24.3 Å². The third-order valence-electron chi connectivity index (χ3n) is 4.14. The Morgan fingerprint density at radius 1 is 1.28 bits per heavy atom. The molecule has 2 aromatic rings. The minimum Gasteiger partial charge on any atom is -0.352 e. The molecule has 1 heterocycles. The molecule has 1 aliphatic heterocycles. The Morgan fingerprint density at radius 3 is 2.72 bits per heavy atom. The molecule has 0 aromatic heterocycles. The summed E-state index contributed by atoms with van der Waals surface area (Å²) in [5.74, 6) is -0.415. The van der Waals surface area contributed by atoms with E-state index in [-0.39, 0.29) is 23.6 Å². The number of benzene rings is 2. The van der Waals surface area contributed by atoms with Crippen LogP contribution in [-0.2, 0) is 11.3 Å². The standard InChI is InChI=1S/C17H17ClN4O3/c18-13-3-1-2-11(8-13)9-19-17(23)15-10-20-21-16(15)12-4-6-14(7-5-12)22(24)25/h1-8,15-16,20-21H,9-10H2,(H,19,23). The maximum atomic E-state index is 12.5. The first-order valence-electron chi connectivity index (χ1n) is 7.79. The third kappa shape index (κ3) is 4.14. The first-order valence-corrected chi connectivity index (χ1v) is 8.17. The number of nitrogens with zero attached hydrogens (tertiary/aromatic N) is 1. The van der Waals surface area contributed by atoms with Gasteiger partial charge in [-0.2, -0.15) is 0 Å². The van der Waals surface area contributed by atoms with E-state index >= 15 is 0 Å². The maximum absolute atomic E-state index is 12.5. The molecule has 2 unspecified atom stereocenters. The van der Waals surface area contributed by atoms with E-state index in [0.717, 1.165) is 11.1 Å². The van der Waals surface area contributed by atoms with Gasteiger partial charge in [0.15, 0.2) is 0 Å². The Morgan fingerprint density at radius 2 is 2.04 bits per heavy atom. The molecule has 3 rings (SSSR count). The highest BCUT2D eigenvalue weighted by Crippen LogP contribution is 2.26. The summed E-state index contributed by atoms with van der Waals surface area (Å²) in [4.78, 5) is 22.8. The van der Waals surface area contributed by atoms with Crippen LogP contribution in [0.3, 0.4) is 0 Å². The number of hydrogen-bond acceptors (Lipinski definition) is 5. The molecule has 1 amide bonds. The second kappa shape index (κ2) is 7.60. The van der Waals surface area contributed by atoms with E-state index in [1.165, 1.54) is 12.1 Å². The largest absolute Gasteiger partial charge is 0.352 e. The molecule has 0 radical (unpaired) electrons. The molecule has 0 saturated carbocycles. The quantitative estimate of drug-likeness (QED) is 0.561. The van der Waals surface area contributed by atoms with Gasteiger partial charge in [-0.05, 0) is 23.3 Å². The van der Waals surface area contributed by atoms with Gasteiger partial charge >= 0.3 is 0 Å². The molecule has 1 saturated heterocycles. The van der Waals surface area contributed by atoms with Crippen molar-refractivity contribution in [2.75, 3.05) is 6.54 Å². The summed E-state index contributed by atoms with van der Waals surface area (Å²) in [7, 11) is 0. The highest BCUT2D eigenvalue weighted by Gasteiger charge is 2.33. The minimum atomic E-state index is -0.445. The number of amides is 1. The molecule has 2 aromatic carbocycles. The van der Waals surface area contributed by atoms with E-state index in [0.29, 0.717) is 18.1 Å². The number of hydrazine groups is 1. The lowest BCUT2D eigenvalue weighted by atomic mass is 9.94. The van der Waals surface area contributed by atoms with E-state index in [9.17, 15) is 14.9 Å². The topological polar surface area (TPSA) is 96.3 Å². The van der Waals surface area contributed by atoms with Crippen molar-refractivity contribution in [1.82, 2.24) is 16.2 Å². The number of non-ortho nitro benzene ring substituents is 1. The van der Waals surface area contributed by atoms with Crippen LogP contribution in [0.1, 0.15) is 17.2 Å². The molecule has 0 aliphatic carbocycles. The van der Waals surface area contributed by atoms with Gasteiger partial charge in [-0.3, -0.25) is 20.3 Å². The van der Waals surface area contributed by atoms with Gasteiger partial charge in [0, 0.05) is 30.2 Å². The molecule has 25 heavy (non-hydrogen) atoms. The molecule has 3 N–H and O–H groups in total. The lowest BCUT2D eigenvalue weighted by Gasteiger charge is -2.18. The Hall–Kier alpha value is -2.48. The summed E-state index contributed by atoms with van der Waals surface area (Å²) in [5.41, 5.74) is 7.80. The van der Waals surface area contributed by atoms with Crippen molar-refractivity contribution >= 4 is 23.2 Å². The number of nitro groups is 1. The Bertz CT molecular complexity index is 782. The fourth-order valence-corrected chi connectivity index (χ4v) is 3.04. The zero-order valence-corrected chi connectivity index (χ0v) is 14.0. The lowest BCUT2D eigenvalue weighted by molar-refractivity contribution is -0.384. The van der Waals surface area contributed by atoms with Crippen molar-refractivity contribution < 1.29 is 9.72 Å². The van der Waals surface area contributed by atoms with E-state index in [1.807, 2.05) is 12.1 Å². The molecule has 0 bridgehead atoms. The number of rotatable bonds is 5. The van der Waals surface area contributed by atoms with Crippen LogP contribution in [0.2, 0.25) is 5.02 Å². The predicted octanol–water partition coefficient (Wildman–Crippen LogP) is 2.33. The highest BCUT2D eigenvalue weighted by atomic mass is 35.5. The summed E-state index contributed by atoms with van der Waals surface area (Å²) in [5, 5.41) is 14.3. The van der Waals surface area contributed by atoms with Crippen molar-refractivity contribution in [3.05, 3.63) is 74.8 Å². The van der Waals surface area contributed by atoms with Crippen LogP contribution in [0.5, 0.6) is 0 Å². The van der Waals surface area contributed by atoms with Crippen molar-refractivity contribution in [1.29, 1.82) is 0 Å². The second-order valence-electron chi connectivity index (χ2n) is 5.81. The first-order chi connectivity index (χ1) is 12.0. The first kappa shape index (κ1) is 17.3. The summed E-state index contributed by atoms with van der Waals surface area (Å²) in [6, 6.07) is 13.3. The number of nitrogens with one attached hydrogen (secondary N) is 3. The lowest BCUT2D eigenvalue weighted by Crippen LogP contribution is -2.34. The number of carbonyl (C=O) groups is 1.